The fraction of sp³-hybridized carbons (Fsp3) is 0.308. The van der Waals surface area contributed by atoms with Crippen molar-refractivity contribution in [2.75, 3.05) is 0 Å². The molecule has 0 fully saturated rings. The summed E-state index contributed by atoms with van der Waals surface area (Å²) in [4.78, 5) is 16.3. The second kappa shape index (κ2) is 5.44. The molecule has 0 saturated heterocycles. The summed E-state index contributed by atoms with van der Waals surface area (Å²) >= 11 is 3.32. The van der Waals surface area contributed by atoms with Gasteiger partial charge in [0.25, 0.3) is 0 Å². The van der Waals surface area contributed by atoms with Crippen LogP contribution in [0.1, 0.15) is 28.8 Å². The molecule has 0 aromatic carbocycles. The largest absolute Gasteiger partial charge is 0.292 e. The molecule has 0 N–H and O–H groups in total. The monoisotopic (exact) mass is 307 g/mol. The van der Waals surface area contributed by atoms with Gasteiger partial charge in [0.1, 0.15) is 5.69 Å². The van der Waals surface area contributed by atoms with Crippen LogP contribution >= 0.6 is 15.9 Å². The lowest BCUT2D eigenvalue weighted by Crippen LogP contribution is -2.10. The Morgan fingerprint density at radius 1 is 1.39 bits per heavy atom. The molecule has 0 aliphatic rings. The summed E-state index contributed by atoms with van der Waals surface area (Å²) in [5.74, 6) is 0.0412. The van der Waals surface area contributed by atoms with Gasteiger partial charge in [0, 0.05) is 23.4 Å². The molecule has 0 amide bonds. The van der Waals surface area contributed by atoms with Gasteiger partial charge in [0.15, 0.2) is 5.78 Å². The molecule has 94 valence electrons. The number of aryl methyl sites for hydroxylation is 2. The van der Waals surface area contributed by atoms with Gasteiger partial charge in [0.05, 0.1) is 12.1 Å². The van der Waals surface area contributed by atoms with E-state index in [9.17, 15) is 4.79 Å². The minimum Gasteiger partial charge on any atom is -0.292 e. The Hall–Kier alpha value is -1.49. The van der Waals surface area contributed by atoms with Crippen LogP contribution in [0.2, 0.25) is 0 Å². The molecular formula is C13H14BrN3O. The zero-order valence-electron chi connectivity index (χ0n) is 10.4. The minimum atomic E-state index is 0.0412. The van der Waals surface area contributed by atoms with Gasteiger partial charge in [-0.3, -0.25) is 14.5 Å². The minimum absolute atomic E-state index is 0.0412. The number of ketones is 1. The average Bonchev–Trinajstić information content (AvgIpc) is 2.73. The Balaban J connectivity index is 2.16. The van der Waals surface area contributed by atoms with Gasteiger partial charge < -0.3 is 0 Å². The molecule has 0 saturated carbocycles. The number of Topliss-reactive ketones (excluding diaryl/α,β-unsaturated/α-hetero) is 1. The molecule has 0 unspecified atom stereocenters. The van der Waals surface area contributed by atoms with Crippen molar-refractivity contribution in [1.29, 1.82) is 0 Å². The van der Waals surface area contributed by atoms with E-state index in [-0.39, 0.29) is 5.78 Å². The molecule has 0 spiro atoms. The summed E-state index contributed by atoms with van der Waals surface area (Å²) < 4.78 is 2.55. The van der Waals surface area contributed by atoms with Crippen LogP contribution in [0, 0.1) is 0 Å². The Morgan fingerprint density at radius 3 is 2.72 bits per heavy atom. The second-order valence-corrected chi connectivity index (χ2v) is 4.98. The first kappa shape index (κ1) is 13.0. The van der Waals surface area contributed by atoms with E-state index < -0.39 is 0 Å². The summed E-state index contributed by atoms with van der Waals surface area (Å²) in [6.45, 7) is 2.02. The zero-order chi connectivity index (χ0) is 13.1. The van der Waals surface area contributed by atoms with Crippen molar-refractivity contribution in [3.63, 3.8) is 0 Å². The van der Waals surface area contributed by atoms with Gasteiger partial charge in [-0.1, -0.05) is 6.92 Å². The highest BCUT2D eigenvalue weighted by Crippen LogP contribution is 2.11. The van der Waals surface area contributed by atoms with E-state index in [0.29, 0.717) is 12.1 Å². The number of halogens is 1. The highest BCUT2D eigenvalue weighted by molar-refractivity contribution is 9.10. The standard InChI is InChI=1S/C13H14BrN3O/c1-3-10-6-12(17(2)16-10)13(18)7-11-5-4-9(14)8-15-11/h4-6,8H,3,7H2,1-2H3. The van der Waals surface area contributed by atoms with Crippen LogP contribution in [-0.2, 0) is 19.9 Å². The summed E-state index contributed by atoms with van der Waals surface area (Å²) in [5.41, 5.74) is 2.34. The number of carbonyl (C=O) groups excluding carboxylic acids is 1. The Bertz CT molecular complexity index is 560. The van der Waals surface area contributed by atoms with Gasteiger partial charge >= 0.3 is 0 Å². The maximum Gasteiger partial charge on any atom is 0.186 e. The number of hydrogen-bond acceptors (Lipinski definition) is 3. The van der Waals surface area contributed by atoms with Crippen LogP contribution in [0.3, 0.4) is 0 Å². The number of carbonyl (C=O) groups is 1. The van der Waals surface area contributed by atoms with Crippen LogP contribution in [0.25, 0.3) is 0 Å². The summed E-state index contributed by atoms with van der Waals surface area (Å²) in [6, 6.07) is 5.58. The fourth-order valence-electron chi connectivity index (χ4n) is 1.73. The van der Waals surface area contributed by atoms with Crippen LogP contribution in [0.15, 0.2) is 28.9 Å². The third-order valence-corrected chi connectivity index (χ3v) is 3.18. The van der Waals surface area contributed by atoms with Crippen molar-refractivity contribution in [3.8, 4) is 0 Å². The summed E-state index contributed by atoms with van der Waals surface area (Å²) in [6.07, 6.45) is 2.83. The van der Waals surface area contributed by atoms with Crippen molar-refractivity contribution in [1.82, 2.24) is 14.8 Å². The van der Waals surface area contributed by atoms with Crippen LogP contribution in [-0.4, -0.2) is 20.5 Å². The van der Waals surface area contributed by atoms with Crippen molar-refractivity contribution in [2.24, 2.45) is 7.05 Å². The van der Waals surface area contributed by atoms with E-state index in [0.717, 1.165) is 22.3 Å². The third kappa shape index (κ3) is 2.85. The SMILES string of the molecule is CCc1cc(C(=O)Cc2ccc(Br)cn2)n(C)n1. The topological polar surface area (TPSA) is 47.8 Å². The first-order chi connectivity index (χ1) is 8.60. The predicted octanol–water partition coefficient (Wildman–Crippen LogP) is 2.57. The van der Waals surface area contributed by atoms with Crippen LogP contribution in [0.4, 0.5) is 0 Å². The third-order valence-electron chi connectivity index (χ3n) is 2.71. The first-order valence-corrected chi connectivity index (χ1v) is 6.56. The number of nitrogens with zero attached hydrogens (tertiary/aromatic N) is 3. The Morgan fingerprint density at radius 2 is 2.17 bits per heavy atom. The lowest BCUT2D eigenvalue weighted by atomic mass is 10.1. The molecule has 0 radical (unpaired) electrons. The van der Waals surface area contributed by atoms with Gasteiger partial charge in [-0.25, -0.2) is 0 Å². The molecule has 2 aromatic rings. The number of pyridine rings is 1. The van der Waals surface area contributed by atoms with Gasteiger partial charge in [-0.2, -0.15) is 5.10 Å². The molecule has 0 aliphatic carbocycles. The molecule has 5 heteroatoms. The summed E-state index contributed by atoms with van der Waals surface area (Å²) in [7, 11) is 1.79. The van der Waals surface area contributed by atoms with E-state index in [4.69, 9.17) is 0 Å². The van der Waals surface area contributed by atoms with Crippen molar-refractivity contribution < 1.29 is 4.79 Å². The molecule has 0 aliphatic heterocycles. The molecular weight excluding hydrogens is 294 g/mol. The van der Waals surface area contributed by atoms with Crippen molar-refractivity contribution in [3.05, 3.63) is 46.0 Å². The average molecular weight is 308 g/mol. The molecule has 18 heavy (non-hydrogen) atoms. The van der Waals surface area contributed by atoms with Crippen molar-refractivity contribution >= 4 is 21.7 Å². The number of hydrogen-bond donors (Lipinski definition) is 0. The maximum absolute atomic E-state index is 12.1. The second-order valence-electron chi connectivity index (χ2n) is 4.07. The lowest BCUT2D eigenvalue weighted by Gasteiger charge is -2.01. The molecule has 4 nitrogen and oxygen atoms in total. The highest BCUT2D eigenvalue weighted by Gasteiger charge is 2.13. The van der Waals surface area contributed by atoms with E-state index >= 15 is 0 Å². The number of aromatic nitrogens is 3. The zero-order valence-corrected chi connectivity index (χ0v) is 11.9. The molecule has 2 heterocycles. The van der Waals surface area contributed by atoms with E-state index in [1.54, 1.807) is 17.9 Å². The summed E-state index contributed by atoms with van der Waals surface area (Å²) in [5, 5.41) is 4.27. The molecule has 2 rings (SSSR count). The van der Waals surface area contributed by atoms with Crippen LogP contribution in [0.5, 0.6) is 0 Å². The normalized spacial score (nSPS) is 10.6. The highest BCUT2D eigenvalue weighted by atomic mass is 79.9. The van der Waals surface area contributed by atoms with Gasteiger partial charge in [-0.05, 0) is 40.5 Å². The lowest BCUT2D eigenvalue weighted by molar-refractivity contribution is 0.0983. The van der Waals surface area contributed by atoms with Crippen molar-refractivity contribution in [2.45, 2.75) is 19.8 Å². The van der Waals surface area contributed by atoms with Gasteiger partial charge in [-0.15, -0.1) is 0 Å². The predicted molar refractivity (Wildman–Crippen MR) is 72.6 cm³/mol. The molecule has 0 bridgehead atoms. The number of rotatable bonds is 4. The Kier molecular flexibility index (Phi) is 3.91. The fourth-order valence-corrected chi connectivity index (χ4v) is 1.96. The molecule has 2 aromatic heterocycles. The van der Waals surface area contributed by atoms with Crippen LogP contribution < -0.4 is 0 Å². The smallest absolute Gasteiger partial charge is 0.186 e. The van der Waals surface area contributed by atoms with E-state index in [1.807, 2.05) is 25.1 Å². The van der Waals surface area contributed by atoms with E-state index in [1.165, 1.54) is 0 Å². The Labute approximate surface area is 114 Å². The first-order valence-electron chi connectivity index (χ1n) is 5.76. The van der Waals surface area contributed by atoms with E-state index in [2.05, 4.69) is 26.0 Å². The quantitative estimate of drug-likeness (QED) is 0.816. The maximum atomic E-state index is 12.1. The van der Waals surface area contributed by atoms with Gasteiger partial charge in [0.2, 0.25) is 0 Å². The molecule has 0 atom stereocenters.